The summed E-state index contributed by atoms with van der Waals surface area (Å²) in [5.74, 6) is 0. The molecule has 1 radical (unpaired) electrons. The van der Waals surface area contributed by atoms with E-state index in [0.717, 1.165) is 0 Å². The fraction of sp³-hybridized carbons (Fsp3) is 0.0588. The molecule has 0 heteroatoms. The Hall–Kier alpha value is -2.08. The van der Waals surface area contributed by atoms with Gasteiger partial charge in [0.05, 0.1) is 0 Å². The molecule has 0 saturated carbocycles. The van der Waals surface area contributed by atoms with Gasteiger partial charge in [0.25, 0.3) is 0 Å². The summed E-state index contributed by atoms with van der Waals surface area (Å²) in [6, 6.07) is 0. The van der Waals surface area contributed by atoms with Crippen LogP contribution >= 0.6 is 0 Å². The van der Waals surface area contributed by atoms with Crippen LogP contribution in [0.25, 0.3) is 0 Å². The third-order valence-corrected chi connectivity index (χ3v) is 1.64. The molecule has 0 N–H and O–H groups in total. The zero-order valence-electron chi connectivity index (χ0n) is 10.2. The summed E-state index contributed by atoms with van der Waals surface area (Å²) in [4.78, 5) is 0. The molecule has 0 unspecified atom stereocenters. The second kappa shape index (κ2) is 13.9. The van der Waals surface area contributed by atoms with Crippen LogP contribution in [-0.4, -0.2) is 0 Å². The van der Waals surface area contributed by atoms with Gasteiger partial charge >= 0.3 is 0 Å². The van der Waals surface area contributed by atoms with Crippen LogP contribution < -0.4 is 0 Å². The van der Waals surface area contributed by atoms with Crippen molar-refractivity contribution in [1.82, 2.24) is 0 Å². The first kappa shape index (κ1) is 14.9. The van der Waals surface area contributed by atoms with Crippen molar-refractivity contribution in [2.24, 2.45) is 0 Å². The average molecular weight is 223 g/mol. The van der Waals surface area contributed by atoms with Gasteiger partial charge in [-0.25, -0.2) is 0 Å². The molecule has 0 atom stereocenters. The number of hydrogen-bond donors (Lipinski definition) is 0. The summed E-state index contributed by atoms with van der Waals surface area (Å²) in [5.41, 5.74) is 0. The Balaban J connectivity index is 3.80. The van der Waals surface area contributed by atoms with E-state index in [1.807, 2.05) is 85.9 Å². The van der Waals surface area contributed by atoms with Crippen LogP contribution in [-0.2, 0) is 0 Å². The highest BCUT2D eigenvalue weighted by molar-refractivity contribution is 5.20. The van der Waals surface area contributed by atoms with E-state index in [2.05, 4.69) is 0 Å². The van der Waals surface area contributed by atoms with Gasteiger partial charge in [0.1, 0.15) is 0 Å². The first-order valence-electron chi connectivity index (χ1n) is 5.58. The lowest BCUT2D eigenvalue weighted by Gasteiger charge is -1.74. The summed E-state index contributed by atoms with van der Waals surface area (Å²) in [5, 5.41) is 0. The van der Waals surface area contributed by atoms with E-state index in [1.165, 1.54) is 6.08 Å². The zero-order chi connectivity index (χ0) is 12.6. The van der Waals surface area contributed by atoms with Gasteiger partial charge in [-0.3, -0.25) is 0 Å². The highest BCUT2D eigenvalue weighted by Gasteiger charge is 1.63. The largest absolute Gasteiger partial charge is 0.0877 e. The van der Waals surface area contributed by atoms with Gasteiger partial charge in [-0.2, -0.15) is 0 Å². The van der Waals surface area contributed by atoms with Gasteiger partial charge < -0.3 is 0 Å². The Morgan fingerprint density at radius 3 is 1.06 bits per heavy atom. The van der Waals surface area contributed by atoms with Crippen LogP contribution in [0.1, 0.15) is 6.92 Å². The zero-order valence-corrected chi connectivity index (χ0v) is 10.2. The molecule has 0 aliphatic heterocycles. The molecular formula is C17H19. The molecule has 0 aliphatic rings. The van der Waals surface area contributed by atoms with E-state index < -0.39 is 0 Å². The topological polar surface area (TPSA) is 0 Å². The highest BCUT2D eigenvalue weighted by atomic mass is 13.7. The maximum absolute atomic E-state index is 5.18. The number of rotatable bonds is 7. The molecule has 0 heterocycles. The summed E-state index contributed by atoms with van der Waals surface area (Å²) < 4.78 is 0. The fourth-order valence-corrected chi connectivity index (χ4v) is 0.881. The molecule has 0 nitrogen and oxygen atoms in total. The quantitative estimate of drug-likeness (QED) is 0.539. The maximum atomic E-state index is 5.18. The number of allylic oxidation sites excluding steroid dienone is 15. The van der Waals surface area contributed by atoms with Gasteiger partial charge in [0.2, 0.25) is 0 Å². The molecule has 0 aromatic rings. The van der Waals surface area contributed by atoms with Crippen LogP contribution in [0.2, 0.25) is 0 Å². The Labute approximate surface area is 105 Å². The first-order chi connectivity index (χ1) is 8.41. The minimum atomic E-state index is 1.50. The molecule has 0 fully saturated rings. The lowest BCUT2D eigenvalue weighted by molar-refractivity contribution is 1.73. The van der Waals surface area contributed by atoms with Crippen LogP contribution in [0.5, 0.6) is 0 Å². The highest BCUT2D eigenvalue weighted by Crippen LogP contribution is 1.85. The van der Waals surface area contributed by atoms with Crippen LogP contribution in [0.15, 0.2) is 91.1 Å². The molecule has 87 valence electrons. The van der Waals surface area contributed by atoms with Crippen molar-refractivity contribution in [3.05, 3.63) is 97.7 Å². The van der Waals surface area contributed by atoms with E-state index in [1.54, 1.807) is 6.08 Å². The van der Waals surface area contributed by atoms with Crippen LogP contribution in [0.4, 0.5) is 0 Å². The predicted molar refractivity (Wildman–Crippen MR) is 78.5 cm³/mol. The minimum absolute atomic E-state index is 1.50. The van der Waals surface area contributed by atoms with Gasteiger partial charge in [-0.05, 0) is 6.92 Å². The smallest absolute Gasteiger partial charge is 0.0467 e. The minimum Gasteiger partial charge on any atom is -0.0877 e. The molecule has 0 amide bonds. The van der Waals surface area contributed by atoms with Crippen molar-refractivity contribution in [2.75, 3.05) is 0 Å². The first-order valence-corrected chi connectivity index (χ1v) is 5.58. The Kier molecular flexibility index (Phi) is 12.2. The monoisotopic (exact) mass is 223 g/mol. The molecule has 0 aliphatic carbocycles. The van der Waals surface area contributed by atoms with E-state index in [0.29, 0.717) is 0 Å². The summed E-state index contributed by atoms with van der Waals surface area (Å²) in [6.07, 6.45) is 28.8. The van der Waals surface area contributed by atoms with E-state index in [4.69, 9.17) is 6.58 Å². The lowest BCUT2D eigenvalue weighted by Crippen LogP contribution is -1.53. The second-order valence-electron chi connectivity index (χ2n) is 3.03. The molecule has 0 aromatic carbocycles. The molecule has 0 rings (SSSR count). The molecule has 17 heavy (non-hydrogen) atoms. The van der Waals surface area contributed by atoms with Crippen molar-refractivity contribution < 1.29 is 0 Å². The van der Waals surface area contributed by atoms with Gasteiger partial charge in [0.15, 0.2) is 0 Å². The van der Waals surface area contributed by atoms with Crippen molar-refractivity contribution in [3.63, 3.8) is 0 Å². The number of hydrogen-bond acceptors (Lipinski definition) is 0. The summed E-state index contributed by atoms with van der Waals surface area (Å²) in [6.45, 7) is 7.17. The Morgan fingerprint density at radius 2 is 0.765 bits per heavy atom. The second-order valence-corrected chi connectivity index (χ2v) is 3.03. The molecule has 0 spiro atoms. The predicted octanol–water partition coefficient (Wildman–Crippen LogP) is 4.89. The van der Waals surface area contributed by atoms with Crippen molar-refractivity contribution in [1.29, 1.82) is 0 Å². The van der Waals surface area contributed by atoms with Gasteiger partial charge in [-0.15, -0.1) is 0 Å². The Bertz CT molecular complexity index is 369. The average Bonchev–Trinajstić information content (AvgIpc) is 2.35. The molecule has 0 bridgehead atoms. The lowest BCUT2D eigenvalue weighted by atomic mass is 10.3. The Morgan fingerprint density at radius 1 is 0.471 bits per heavy atom. The summed E-state index contributed by atoms with van der Waals surface area (Å²) >= 11 is 0. The summed E-state index contributed by atoms with van der Waals surface area (Å²) in [7, 11) is 0. The molecule has 0 saturated heterocycles. The van der Waals surface area contributed by atoms with Crippen molar-refractivity contribution in [3.8, 4) is 0 Å². The molecule has 0 aromatic heterocycles. The third kappa shape index (κ3) is 13.9. The van der Waals surface area contributed by atoms with E-state index in [9.17, 15) is 0 Å². The van der Waals surface area contributed by atoms with Gasteiger partial charge in [-0.1, -0.05) is 97.7 Å². The fourth-order valence-electron chi connectivity index (χ4n) is 0.881. The van der Waals surface area contributed by atoms with E-state index in [-0.39, 0.29) is 0 Å². The van der Waals surface area contributed by atoms with E-state index >= 15 is 0 Å². The SMILES string of the molecule is [CH]=C/C=C/C=C/C=C/C=C/C=C/C=C/C=C/C. The van der Waals surface area contributed by atoms with Crippen LogP contribution in [0.3, 0.4) is 0 Å². The third-order valence-electron chi connectivity index (χ3n) is 1.64. The molecular weight excluding hydrogens is 204 g/mol. The van der Waals surface area contributed by atoms with Crippen LogP contribution in [0, 0.1) is 6.58 Å². The standard InChI is InChI=1S/C17H19/c1-3-5-7-9-11-13-15-17-16-14-12-10-8-6-4-2/h1,3-17H,2H3/b3-1?,6-4+,7-5+,10-8+,11-9+,14-12+,15-13+,17-16+. The van der Waals surface area contributed by atoms with Crippen molar-refractivity contribution in [2.45, 2.75) is 6.92 Å². The maximum Gasteiger partial charge on any atom is -0.0467 e. The normalized spacial score (nSPS) is 13.9. The van der Waals surface area contributed by atoms with Gasteiger partial charge in [0, 0.05) is 0 Å². The van der Waals surface area contributed by atoms with Crippen molar-refractivity contribution >= 4 is 0 Å².